The van der Waals surface area contributed by atoms with Crippen molar-refractivity contribution in [3.63, 3.8) is 0 Å². The number of nitrogens with zero attached hydrogens (tertiary/aromatic N) is 4. The molecule has 0 aliphatic carbocycles. The fraction of sp³-hybridized carbons (Fsp3) is 0.562. The Kier molecular flexibility index (Phi) is 11.4. The second-order valence-electron chi connectivity index (χ2n) is 11.1. The number of anilines is 1. The third-order valence-corrected chi connectivity index (χ3v) is 7.88. The van der Waals surface area contributed by atoms with Crippen LogP contribution in [-0.2, 0) is 16.1 Å². The van der Waals surface area contributed by atoms with Crippen LogP contribution in [0.3, 0.4) is 0 Å². The van der Waals surface area contributed by atoms with E-state index >= 15 is 0 Å². The number of benzene rings is 2. The normalized spacial score (nSPS) is 17.5. The van der Waals surface area contributed by atoms with Crippen molar-refractivity contribution in [2.75, 3.05) is 71.0 Å². The number of para-hydroxylation sites is 1. The number of ether oxygens (including phenoxy) is 2. The van der Waals surface area contributed by atoms with E-state index in [4.69, 9.17) is 9.47 Å². The summed E-state index contributed by atoms with van der Waals surface area (Å²) < 4.78 is 11.2. The Morgan fingerprint density at radius 2 is 1.70 bits per heavy atom. The number of rotatable bonds is 9. The van der Waals surface area contributed by atoms with Crippen molar-refractivity contribution in [3.8, 4) is 5.75 Å². The summed E-state index contributed by atoms with van der Waals surface area (Å²) in [5, 5.41) is 0. The number of likely N-dealkylation sites (tertiary alicyclic amines) is 1. The first-order valence-electron chi connectivity index (χ1n) is 14.8. The first kappa shape index (κ1) is 30.0. The Bertz CT molecular complexity index is 1100. The zero-order valence-electron chi connectivity index (χ0n) is 24.5. The highest BCUT2D eigenvalue weighted by atomic mass is 16.5. The molecule has 0 atom stereocenters. The SMILES string of the molecule is COCC(=O)N1CCCN(C(C)C)CCN(C(=O)c2cccc(OCCCN3CCCC3)c2)Cc2ccccc21. The lowest BCUT2D eigenvalue weighted by molar-refractivity contribution is -0.122. The van der Waals surface area contributed by atoms with Gasteiger partial charge in [-0.2, -0.15) is 0 Å². The summed E-state index contributed by atoms with van der Waals surface area (Å²) in [4.78, 5) is 35.6. The van der Waals surface area contributed by atoms with Crippen LogP contribution >= 0.6 is 0 Å². The first-order valence-corrected chi connectivity index (χ1v) is 14.8. The second kappa shape index (κ2) is 15.2. The Morgan fingerprint density at radius 3 is 2.48 bits per heavy atom. The fourth-order valence-corrected chi connectivity index (χ4v) is 5.64. The van der Waals surface area contributed by atoms with Gasteiger partial charge in [-0.3, -0.25) is 14.5 Å². The predicted octanol–water partition coefficient (Wildman–Crippen LogP) is 4.29. The van der Waals surface area contributed by atoms with Crippen molar-refractivity contribution in [2.45, 2.75) is 52.1 Å². The maximum atomic E-state index is 14.0. The molecule has 0 saturated carbocycles. The van der Waals surface area contributed by atoms with Crippen LogP contribution < -0.4 is 9.64 Å². The number of fused-ring (bicyclic) bond motifs is 1. The van der Waals surface area contributed by atoms with Gasteiger partial charge in [-0.05, 0) is 82.4 Å². The Hall–Kier alpha value is -2.94. The second-order valence-corrected chi connectivity index (χ2v) is 11.1. The van der Waals surface area contributed by atoms with Crippen molar-refractivity contribution in [3.05, 3.63) is 59.7 Å². The standard InChI is InChI=1S/C32H46N4O4/c1-26(2)34-18-9-19-36(31(37)25-39-3)30-14-5-4-11-28(30)24-35(21-20-34)32(38)27-12-8-13-29(23-27)40-22-10-17-33-15-6-7-16-33/h4-5,8,11-14,23,26H,6-7,9-10,15-22,24-25H2,1-3H3. The molecule has 0 radical (unpaired) electrons. The molecule has 0 spiro atoms. The van der Waals surface area contributed by atoms with E-state index in [9.17, 15) is 9.59 Å². The Labute approximate surface area is 239 Å². The Morgan fingerprint density at radius 1 is 0.900 bits per heavy atom. The van der Waals surface area contributed by atoms with E-state index in [0.29, 0.717) is 37.8 Å². The molecule has 8 heteroatoms. The molecule has 40 heavy (non-hydrogen) atoms. The number of carbonyl (C=O) groups excluding carboxylic acids is 2. The van der Waals surface area contributed by atoms with Gasteiger partial charge in [-0.25, -0.2) is 0 Å². The topological polar surface area (TPSA) is 65.6 Å². The van der Waals surface area contributed by atoms with Gasteiger partial charge < -0.3 is 24.2 Å². The molecule has 218 valence electrons. The molecular weight excluding hydrogens is 504 g/mol. The summed E-state index contributed by atoms with van der Waals surface area (Å²) in [5.41, 5.74) is 2.41. The van der Waals surface area contributed by atoms with Crippen LogP contribution in [-0.4, -0.2) is 98.7 Å². The summed E-state index contributed by atoms with van der Waals surface area (Å²) in [5.74, 6) is 0.624. The molecule has 0 bridgehead atoms. The highest BCUT2D eigenvalue weighted by molar-refractivity contribution is 5.96. The summed E-state index contributed by atoms with van der Waals surface area (Å²) >= 11 is 0. The largest absolute Gasteiger partial charge is 0.494 e. The van der Waals surface area contributed by atoms with Gasteiger partial charge in [0.25, 0.3) is 11.8 Å². The molecule has 2 aromatic carbocycles. The molecule has 1 saturated heterocycles. The average Bonchev–Trinajstić information content (AvgIpc) is 3.47. The van der Waals surface area contributed by atoms with Crippen LogP contribution in [0.2, 0.25) is 0 Å². The van der Waals surface area contributed by atoms with Crippen molar-refractivity contribution < 1.29 is 19.1 Å². The molecule has 2 amide bonds. The number of hydrogen-bond acceptors (Lipinski definition) is 6. The van der Waals surface area contributed by atoms with Crippen LogP contribution in [0.5, 0.6) is 5.75 Å². The number of amides is 2. The third kappa shape index (κ3) is 8.29. The average molecular weight is 551 g/mol. The number of carbonyl (C=O) groups is 2. The molecule has 2 heterocycles. The zero-order chi connectivity index (χ0) is 28.3. The van der Waals surface area contributed by atoms with E-state index in [1.165, 1.54) is 25.9 Å². The van der Waals surface area contributed by atoms with Gasteiger partial charge in [0.1, 0.15) is 12.4 Å². The summed E-state index contributed by atoms with van der Waals surface area (Å²) in [6, 6.07) is 15.8. The molecule has 1 fully saturated rings. The minimum atomic E-state index is -0.0715. The number of hydrogen-bond donors (Lipinski definition) is 0. The third-order valence-electron chi connectivity index (χ3n) is 7.88. The van der Waals surface area contributed by atoms with Gasteiger partial charge >= 0.3 is 0 Å². The monoisotopic (exact) mass is 550 g/mol. The molecule has 0 unspecified atom stereocenters. The lowest BCUT2D eigenvalue weighted by atomic mass is 10.1. The summed E-state index contributed by atoms with van der Waals surface area (Å²) in [7, 11) is 1.54. The highest BCUT2D eigenvalue weighted by Gasteiger charge is 2.25. The summed E-state index contributed by atoms with van der Waals surface area (Å²) in [6.07, 6.45) is 4.41. The quantitative estimate of drug-likeness (QED) is 0.434. The van der Waals surface area contributed by atoms with Crippen LogP contribution in [0.15, 0.2) is 48.5 Å². The van der Waals surface area contributed by atoms with Crippen molar-refractivity contribution in [1.82, 2.24) is 14.7 Å². The van der Waals surface area contributed by atoms with E-state index < -0.39 is 0 Å². The maximum Gasteiger partial charge on any atom is 0.254 e. The Balaban J connectivity index is 1.53. The minimum absolute atomic E-state index is 0.0235. The molecule has 0 aromatic heterocycles. The van der Waals surface area contributed by atoms with E-state index in [2.05, 4.69) is 23.6 Å². The van der Waals surface area contributed by atoms with Crippen LogP contribution in [0.4, 0.5) is 5.69 Å². The van der Waals surface area contributed by atoms with E-state index in [-0.39, 0.29) is 18.4 Å². The predicted molar refractivity (Wildman–Crippen MR) is 159 cm³/mol. The van der Waals surface area contributed by atoms with Gasteiger partial charge in [-0.15, -0.1) is 0 Å². The van der Waals surface area contributed by atoms with Gasteiger partial charge in [0, 0.05) is 63.7 Å². The van der Waals surface area contributed by atoms with Crippen LogP contribution in [0.25, 0.3) is 0 Å². The molecule has 2 aliphatic heterocycles. The lowest BCUT2D eigenvalue weighted by Gasteiger charge is -2.30. The smallest absolute Gasteiger partial charge is 0.254 e. The van der Waals surface area contributed by atoms with E-state index in [0.717, 1.165) is 49.5 Å². The van der Waals surface area contributed by atoms with Gasteiger partial charge in [0.05, 0.1) is 6.61 Å². The van der Waals surface area contributed by atoms with Crippen molar-refractivity contribution in [2.24, 2.45) is 0 Å². The van der Waals surface area contributed by atoms with E-state index in [1.54, 1.807) is 7.11 Å². The molecule has 8 nitrogen and oxygen atoms in total. The van der Waals surface area contributed by atoms with Crippen LogP contribution in [0, 0.1) is 0 Å². The van der Waals surface area contributed by atoms with Gasteiger partial charge in [-0.1, -0.05) is 24.3 Å². The highest BCUT2D eigenvalue weighted by Crippen LogP contribution is 2.25. The lowest BCUT2D eigenvalue weighted by Crippen LogP contribution is -2.41. The van der Waals surface area contributed by atoms with E-state index in [1.807, 2.05) is 58.3 Å². The van der Waals surface area contributed by atoms with Crippen molar-refractivity contribution >= 4 is 17.5 Å². The first-order chi connectivity index (χ1) is 19.5. The molecule has 4 rings (SSSR count). The zero-order valence-corrected chi connectivity index (χ0v) is 24.5. The maximum absolute atomic E-state index is 14.0. The van der Waals surface area contributed by atoms with Gasteiger partial charge in [0.15, 0.2) is 0 Å². The molecule has 2 aliphatic rings. The summed E-state index contributed by atoms with van der Waals surface area (Å²) in [6.45, 7) is 11.7. The fourth-order valence-electron chi connectivity index (χ4n) is 5.64. The van der Waals surface area contributed by atoms with Crippen molar-refractivity contribution in [1.29, 1.82) is 0 Å². The molecule has 0 N–H and O–H groups in total. The molecule has 2 aromatic rings. The minimum Gasteiger partial charge on any atom is -0.494 e. The number of methoxy groups -OCH3 is 1. The van der Waals surface area contributed by atoms with Crippen LogP contribution in [0.1, 0.15) is 55.5 Å². The molecular formula is C32H46N4O4. The van der Waals surface area contributed by atoms with Gasteiger partial charge in [0.2, 0.25) is 0 Å².